The summed E-state index contributed by atoms with van der Waals surface area (Å²) in [5.41, 5.74) is 1.42. The summed E-state index contributed by atoms with van der Waals surface area (Å²) < 4.78 is 0. The Morgan fingerprint density at radius 3 is 1.93 bits per heavy atom. The van der Waals surface area contributed by atoms with Gasteiger partial charge in [0, 0.05) is 5.41 Å². The largest absolute Gasteiger partial charge is 0.411 e. The summed E-state index contributed by atoms with van der Waals surface area (Å²) in [4.78, 5) is 0. The van der Waals surface area contributed by atoms with Crippen LogP contribution in [0.1, 0.15) is 51.9 Å². The van der Waals surface area contributed by atoms with E-state index >= 15 is 0 Å². The second-order valence-electron chi connectivity index (χ2n) is 6.10. The molecule has 15 heavy (non-hydrogen) atoms. The first-order chi connectivity index (χ1) is 7.25. The second-order valence-corrected chi connectivity index (χ2v) is 6.10. The Hall–Kier alpha value is -0.530. The van der Waals surface area contributed by atoms with E-state index < -0.39 is 0 Å². The molecule has 84 valence electrons. The van der Waals surface area contributed by atoms with Gasteiger partial charge in [-0.1, -0.05) is 12.1 Å². The molecule has 0 aromatic carbocycles. The van der Waals surface area contributed by atoms with Gasteiger partial charge >= 0.3 is 0 Å². The van der Waals surface area contributed by atoms with Gasteiger partial charge in [-0.05, 0) is 62.7 Å². The molecular weight excluding hydrogens is 186 g/mol. The van der Waals surface area contributed by atoms with Crippen LogP contribution in [0.5, 0.6) is 0 Å². The highest BCUT2D eigenvalue weighted by atomic mass is 16.4. The van der Waals surface area contributed by atoms with Crippen LogP contribution in [0.4, 0.5) is 0 Å². The van der Waals surface area contributed by atoms with Gasteiger partial charge < -0.3 is 5.21 Å². The quantitative estimate of drug-likeness (QED) is 0.420. The Bertz CT molecular complexity index is 260. The maximum Gasteiger partial charge on any atom is 0.0629 e. The van der Waals surface area contributed by atoms with Crippen LogP contribution in [0.2, 0.25) is 0 Å². The lowest BCUT2D eigenvalue weighted by Gasteiger charge is -2.56. The van der Waals surface area contributed by atoms with Gasteiger partial charge in [-0.15, -0.1) is 0 Å². The minimum Gasteiger partial charge on any atom is -0.411 e. The first-order valence-corrected chi connectivity index (χ1v) is 6.47. The van der Waals surface area contributed by atoms with Crippen molar-refractivity contribution in [3.8, 4) is 0 Å². The lowest BCUT2D eigenvalue weighted by molar-refractivity contribution is -0.0146. The van der Waals surface area contributed by atoms with Gasteiger partial charge in [-0.25, -0.2) is 0 Å². The van der Waals surface area contributed by atoms with Crippen molar-refractivity contribution in [3.05, 3.63) is 0 Å². The predicted octanol–water partition coefficient (Wildman–Crippen LogP) is 3.44. The maximum absolute atomic E-state index is 9.17. The van der Waals surface area contributed by atoms with E-state index in [4.69, 9.17) is 0 Å². The highest BCUT2D eigenvalue weighted by Crippen LogP contribution is 2.60. The average molecular weight is 207 g/mol. The van der Waals surface area contributed by atoms with Crippen LogP contribution < -0.4 is 0 Å². The molecule has 4 bridgehead atoms. The lowest BCUT2D eigenvalue weighted by atomic mass is 9.48. The van der Waals surface area contributed by atoms with Crippen LogP contribution in [0.15, 0.2) is 5.16 Å². The van der Waals surface area contributed by atoms with Gasteiger partial charge in [0.25, 0.3) is 0 Å². The van der Waals surface area contributed by atoms with Gasteiger partial charge in [-0.2, -0.15) is 0 Å². The third kappa shape index (κ3) is 1.33. The number of hydrogen-bond acceptors (Lipinski definition) is 2. The highest BCUT2D eigenvalue weighted by Gasteiger charge is 2.52. The van der Waals surface area contributed by atoms with Gasteiger partial charge in [-0.3, -0.25) is 0 Å². The first-order valence-electron chi connectivity index (χ1n) is 6.47. The standard InChI is InChI=1S/C13H21NO/c1-2-12(14-15)13-6-9-3-10(7-13)5-11(4-9)8-13/h9-11,15H,2-8H2,1H3/b14-12-. The van der Waals surface area contributed by atoms with Crippen LogP contribution in [0.3, 0.4) is 0 Å². The monoisotopic (exact) mass is 207 g/mol. The van der Waals surface area contributed by atoms with Crippen molar-refractivity contribution in [3.63, 3.8) is 0 Å². The van der Waals surface area contributed by atoms with Gasteiger partial charge in [0.2, 0.25) is 0 Å². The van der Waals surface area contributed by atoms with Gasteiger partial charge in [0.1, 0.15) is 0 Å². The molecule has 0 heterocycles. The predicted molar refractivity (Wildman–Crippen MR) is 60.1 cm³/mol. The van der Waals surface area contributed by atoms with Crippen LogP contribution >= 0.6 is 0 Å². The fourth-order valence-corrected chi connectivity index (χ4v) is 5.02. The Morgan fingerprint density at radius 1 is 1.13 bits per heavy atom. The molecular formula is C13H21NO. The summed E-state index contributed by atoms with van der Waals surface area (Å²) in [5, 5.41) is 12.8. The van der Waals surface area contributed by atoms with Crippen molar-refractivity contribution in [2.45, 2.75) is 51.9 Å². The average Bonchev–Trinajstić information content (AvgIpc) is 2.16. The summed E-state index contributed by atoms with van der Waals surface area (Å²) >= 11 is 0. The summed E-state index contributed by atoms with van der Waals surface area (Å²) in [7, 11) is 0. The maximum atomic E-state index is 9.17. The van der Waals surface area contributed by atoms with Crippen LogP contribution in [-0.4, -0.2) is 10.9 Å². The Kier molecular flexibility index (Phi) is 2.08. The zero-order chi connectivity index (χ0) is 10.5. The molecule has 4 aliphatic carbocycles. The van der Waals surface area contributed by atoms with Crippen LogP contribution in [0, 0.1) is 23.2 Å². The zero-order valence-corrected chi connectivity index (χ0v) is 9.58. The molecule has 4 saturated carbocycles. The highest BCUT2D eigenvalue weighted by molar-refractivity contribution is 5.90. The molecule has 0 aromatic heterocycles. The fraction of sp³-hybridized carbons (Fsp3) is 0.923. The number of hydrogen-bond donors (Lipinski definition) is 1. The van der Waals surface area contributed by atoms with E-state index in [0.29, 0.717) is 5.41 Å². The lowest BCUT2D eigenvalue weighted by Crippen LogP contribution is -2.49. The van der Waals surface area contributed by atoms with Gasteiger partial charge in [0.15, 0.2) is 0 Å². The van der Waals surface area contributed by atoms with Crippen molar-refractivity contribution in [1.29, 1.82) is 0 Å². The molecule has 0 amide bonds. The number of rotatable bonds is 2. The third-order valence-corrected chi connectivity index (χ3v) is 5.11. The molecule has 0 aromatic rings. The number of nitrogens with zero attached hydrogens (tertiary/aromatic N) is 1. The van der Waals surface area contributed by atoms with Crippen molar-refractivity contribution >= 4 is 5.71 Å². The molecule has 0 spiro atoms. The van der Waals surface area contributed by atoms with E-state index in [2.05, 4.69) is 12.1 Å². The van der Waals surface area contributed by atoms with Crippen molar-refractivity contribution in [2.75, 3.05) is 0 Å². The normalized spacial score (nSPS) is 48.6. The topological polar surface area (TPSA) is 32.6 Å². The molecule has 2 nitrogen and oxygen atoms in total. The zero-order valence-electron chi connectivity index (χ0n) is 9.58. The van der Waals surface area contributed by atoms with Crippen LogP contribution in [-0.2, 0) is 0 Å². The molecule has 0 radical (unpaired) electrons. The van der Waals surface area contributed by atoms with E-state index in [0.717, 1.165) is 29.9 Å². The minimum absolute atomic E-state index is 0.318. The molecule has 0 unspecified atom stereocenters. The molecule has 0 atom stereocenters. The molecule has 0 saturated heterocycles. The van der Waals surface area contributed by atoms with E-state index in [1.807, 2.05) is 0 Å². The minimum atomic E-state index is 0.318. The Morgan fingerprint density at radius 2 is 1.60 bits per heavy atom. The van der Waals surface area contributed by atoms with E-state index in [-0.39, 0.29) is 0 Å². The molecule has 4 fully saturated rings. The van der Waals surface area contributed by atoms with Crippen LogP contribution in [0.25, 0.3) is 0 Å². The molecule has 4 rings (SSSR count). The SMILES string of the molecule is CC/C(=N/O)C12CC3CC(CC(C3)C1)C2. The van der Waals surface area contributed by atoms with Gasteiger partial charge in [0.05, 0.1) is 5.71 Å². The molecule has 0 aliphatic heterocycles. The summed E-state index contributed by atoms with van der Waals surface area (Å²) in [5.74, 6) is 2.83. The molecule has 2 heteroatoms. The van der Waals surface area contributed by atoms with Crippen molar-refractivity contribution in [1.82, 2.24) is 0 Å². The smallest absolute Gasteiger partial charge is 0.0629 e. The van der Waals surface area contributed by atoms with E-state index in [1.54, 1.807) is 0 Å². The fourth-order valence-electron chi connectivity index (χ4n) is 5.02. The Balaban J connectivity index is 1.92. The third-order valence-electron chi connectivity index (χ3n) is 5.11. The number of oxime groups is 1. The van der Waals surface area contributed by atoms with Crippen molar-refractivity contribution in [2.24, 2.45) is 28.3 Å². The summed E-state index contributed by atoms with van der Waals surface area (Å²) in [6.45, 7) is 2.13. The molecule has 1 N–H and O–H groups in total. The van der Waals surface area contributed by atoms with E-state index in [9.17, 15) is 5.21 Å². The van der Waals surface area contributed by atoms with Crippen molar-refractivity contribution < 1.29 is 5.21 Å². The first kappa shape index (κ1) is 9.68. The van der Waals surface area contributed by atoms with E-state index in [1.165, 1.54) is 38.5 Å². The second kappa shape index (κ2) is 3.23. The summed E-state index contributed by atoms with van der Waals surface area (Å²) in [6, 6.07) is 0. The summed E-state index contributed by atoms with van der Waals surface area (Å²) in [6.07, 6.45) is 9.25. The Labute approximate surface area is 91.7 Å². The molecule has 4 aliphatic rings.